The molecule has 3 N–H and O–H groups in total. The number of benzene rings is 1. The number of fused-ring (bicyclic) bond motifs is 1. The fourth-order valence-corrected chi connectivity index (χ4v) is 2.97. The average molecular weight is 327 g/mol. The Kier molecular flexibility index (Phi) is 3.96. The van der Waals surface area contributed by atoms with Crippen LogP contribution in [0.3, 0.4) is 0 Å². The van der Waals surface area contributed by atoms with Gasteiger partial charge in [-0.2, -0.15) is 0 Å². The third-order valence-electron chi connectivity index (χ3n) is 3.73. The summed E-state index contributed by atoms with van der Waals surface area (Å²) in [6.07, 6.45) is 4.04. The van der Waals surface area contributed by atoms with Crippen molar-refractivity contribution in [1.29, 1.82) is 0 Å². The molecule has 19 heavy (non-hydrogen) atoms. The van der Waals surface area contributed by atoms with Crippen LogP contribution >= 0.6 is 15.9 Å². The summed E-state index contributed by atoms with van der Waals surface area (Å²) >= 11 is 3.52. The molecule has 0 radical (unpaired) electrons. The van der Waals surface area contributed by atoms with Gasteiger partial charge in [0, 0.05) is 12.6 Å². The van der Waals surface area contributed by atoms with Crippen LogP contribution in [-0.4, -0.2) is 19.9 Å². The zero-order valence-electron chi connectivity index (χ0n) is 10.8. The van der Waals surface area contributed by atoms with Gasteiger partial charge in [0.15, 0.2) is 11.5 Å². The molecule has 0 bridgehead atoms. The zero-order chi connectivity index (χ0) is 13.2. The number of nitrogens with two attached hydrogens (primary N) is 1. The fourth-order valence-electron chi connectivity index (χ4n) is 2.39. The smallest absolute Gasteiger partial charge is 0.231 e. The average Bonchev–Trinajstić information content (AvgIpc) is 3.10. The highest BCUT2D eigenvalue weighted by atomic mass is 79.9. The van der Waals surface area contributed by atoms with Gasteiger partial charge in [0.25, 0.3) is 0 Å². The molecule has 1 saturated carbocycles. The molecule has 3 rings (SSSR count). The number of rotatable bonds is 6. The molecule has 0 spiro atoms. The molecule has 1 fully saturated rings. The Bertz CT molecular complexity index is 463. The molecule has 0 aromatic heterocycles. The highest BCUT2D eigenvalue weighted by Crippen LogP contribution is 2.41. The lowest BCUT2D eigenvalue weighted by Gasteiger charge is -2.18. The molecule has 0 amide bonds. The molecule has 4 nitrogen and oxygen atoms in total. The molecule has 2 aliphatic rings. The summed E-state index contributed by atoms with van der Waals surface area (Å²) in [5.74, 6) is 2.53. The van der Waals surface area contributed by atoms with Crippen molar-refractivity contribution in [2.45, 2.75) is 25.3 Å². The minimum absolute atomic E-state index is 0.171. The van der Waals surface area contributed by atoms with Crippen LogP contribution in [0.2, 0.25) is 0 Å². The van der Waals surface area contributed by atoms with Crippen LogP contribution in [0.25, 0.3) is 0 Å². The van der Waals surface area contributed by atoms with Crippen LogP contribution in [0.5, 0.6) is 11.5 Å². The van der Waals surface area contributed by atoms with Gasteiger partial charge >= 0.3 is 0 Å². The van der Waals surface area contributed by atoms with E-state index in [-0.39, 0.29) is 6.04 Å². The van der Waals surface area contributed by atoms with E-state index in [1.54, 1.807) is 0 Å². The third kappa shape index (κ3) is 3.04. The zero-order valence-corrected chi connectivity index (χ0v) is 12.4. The lowest BCUT2D eigenvalue weighted by molar-refractivity contribution is 0.173. The van der Waals surface area contributed by atoms with E-state index in [9.17, 15) is 0 Å². The van der Waals surface area contributed by atoms with E-state index < -0.39 is 0 Å². The maximum atomic E-state index is 5.88. The summed E-state index contributed by atoms with van der Waals surface area (Å²) in [4.78, 5) is 0. The Hall–Kier alpha value is -0.780. The SMILES string of the molecule is NCC(NCCC1CC1)c1cc(Br)c2c(c1)OCO2. The molecule has 1 aromatic rings. The largest absolute Gasteiger partial charge is 0.454 e. The summed E-state index contributed by atoms with van der Waals surface area (Å²) in [5.41, 5.74) is 7.03. The first-order valence-electron chi connectivity index (χ1n) is 6.80. The summed E-state index contributed by atoms with van der Waals surface area (Å²) in [6.45, 7) is 1.90. The van der Waals surface area contributed by atoms with Crippen molar-refractivity contribution < 1.29 is 9.47 Å². The molecule has 5 heteroatoms. The lowest BCUT2D eigenvalue weighted by atomic mass is 10.1. The quantitative estimate of drug-likeness (QED) is 0.843. The first-order valence-corrected chi connectivity index (χ1v) is 7.59. The Balaban J connectivity index is 1.69. The molecule has 1 aliphatic heterocycles. The van der Waals surface area contributed by atoms with Crippen molar-refractivity contribution in [3.8, 4) is 11.5 Å². The van der Waals surface area contributed by atoms with Gasteiger partial charge in [0.05, 0.1) is 4.47 Å². The van der Waals surface area contributed by atoms with Crippen molar-refractivity contribution in [2.75, 3.05) is 19.9 Å². The van der Waals surface area contributed by atoms with E-state index >= 15 is 0 Å². The summed E-state index contributed by atoms with van der Waals surface area (Å²) in [6, 6.07) is 4.26. The summed E-state index contributed by atoms with van der Waals surface area (Å²) in [7, 11) is 0. The Morgan fingerprint density at radius 2 is 2.21 bits per heavy atom. The van der Waals surface area contributed by atoms with E-state index in [0.717, 1.165) is 34.0 Å². The van der Waals surface area contributed by atoms with Gasteiger partial charge in [-0.3, -0.25) is 0 Å². The molecule has 104 valence electrons. The number of hydrogen-bond donors (Lipinski definition) is 2. The number of ether oxygens (including phenoxy) is 2. The summed E-state index contributed by atoms with van der Waals surface area (Å²) in [5, 5.41) is 3.53. The van der Waals surface area contributed by atoms with Crippen LogP contribution < -0.4 is 20.5 Å². The second-order valence-corrected chi connectivity index (χ2v) is 6.07. The lowest BCUT2D eigenvalue weighted by Crippen LogP contribution is -2.29. The van der Waals surface area contributed by atoms with E-state index in [2.05, 4.69) is 27.3 Å². The van der Waals surface area contributed by atoms with Crippen LogP contribution in [0.4, 0.5) is 0 Å². The second kappa shape index (κ2) is 5.69. The van der Waals surface area contributed by atoms with Gasteiger partial charge < -0.3 is 20.5 Å². The minimum Gasteiger partial charge on any atom is -0.454 e. The Morgan fingerprint density at radius 3 is 2.95 bits per heavy atom. The van der Waals surface area contributed by atoms with Crippen LogP contribution in [-0.2, 0) is 0 Å². The molecule has 1 heterocycles. The van der Waals surface area contributed by atoms with Gasteiger partial charge in [-0.25, -0.2) is 0 Å². The topological polar surface area (TPSA) is 56.5 Å². The molecule has 0 saturated heterocycles. The van der Waals surface area contributed by atoms with Crippen molar-refractivity contribution >= 4 is 15.9 Å². The third-order valence-corrected chi connectivity index (χ3v) is 4.32. The van der Waals surface area contributed by atoms with Crippen LogP contribution in [0, 0.1) is 5.92 Å². The van der Waals surface area contributed by atoms with Crippen molar-refractivity contribution in [1.82, 2.24) is 5.32 Å². The normalized spacial score (nSPS) is 18.6. The number of nitrogens with one attached hydrogen (secondary N) is 1. The Labute approximate surface area is 121 Å². The van der Waals surface area contributed by atoms with Crippen LogP contribution in [0.15, 0.2) is 16.6 Å². The van der Waals surface area contributed by atoms with E-state index in [4.69, 9.17) is 15.2 Å². The number of halogens is 1. The maximum Gasteiger partial charge on any atom is 0.231 e. The molecular formula is C14H19BrN2O2. The molecule has 1 aromatic carbocycles. The predicted molar refractivity (Wildman–Crippen MR) is 77.4 cm³/mol. The van der Waals surface area contributed by atoms with Crippen molar-refractivity contribution in [2.24, 2.45) is 11.7 Å². The van der Waals surface area contributed by atoms with E-state index in [1.807, 2.05) is 6.07 Å². The fraction of sp³-hybridized carbons (Fsp3) is 0.571. The highest BCUT2D eigenvalue weighted by Gasteiger charge is 2.23. The maximum absolute atomic E-state index is 5.88. The van der Waals surface area contributed by atoms with Crippen LogP contribution in [0.1, 0.15) is 30.9 Å². The minimum atomic E-state index is 0.171. The Morgan fingerprint density at radius 1 is 1.37 bits per heavy atom. The first-order chi connectivity index (χ1) is 9.28. The van der Waals surface area contributed by atoms with E-state index in [0.29, 0.717) is 13.3 Å². The van der Waals surface area contributed by atoms with Gasteiger partial charge in [-0.15, -0.1) is 0 Å². The second-order valence-electron chi connectivity index (χ2n) is 5.21. The van der Waals surface area contributed by atoms with Gasteiger partial charge in [-0.05, 0) is 52.5 Å². The standard InChI is InChI=1S/C14H19BrN2O2/c15-11-5-10(6-13-14(11)19-8-18-13)12(7-16)17-4-3-9-1-2-9/h5-6,9,12,17H,1-4,7-8,16H2. The predicted octanol–water partition coefficient (Wildman–Crippen LogP) is 2.57. The molecule has 1 aliphatic carbocycles. The van der Waals surface area contributed by atoms with Gasteiger partial charge in [-0.1, -0.05) is 12.8 Å². The summed E-state index contributed by atoms with van der Waals surface area (Å²) < 4.78 is 11.8. The molecule has 1 atom stereocenters. The van der Waals surface area contributed by atoms with Gasteiger partial charge in [0.2, 0.25) is 6.79 Å². The first kappa shape index (κ1) is 13.2. The van der Waals surface area contributed by atoms with Crippen molar-refractivity contribution in [3.05, 3.63) is 22.2 Å². The van der Waals surface area contributed by atoms with Crippen molar-refractivity contribution in [3.63, 3.8) is 0 Å². The number of hydrogen-bond acceptors (Lipinski definition) is 4. The molecular weight excluding hydrogens is 308 g/mol. The van der Waals surface area contributed by atoms with E-state index in [1.165, 1.54) is 19.3 Å². The monoisotopic (exact) mass is 326 g/mol. The highest BCUT2D eigenvalue weighted by molar-refractivity contribution is 9.10. The van der Waals surface area contributed by atoms with Gasteiger partial charge in [0.1, 0.15) is 0 Å². The molecule has 1 unspecified atom stereocenters.